The molecule has 2 aromatic rings. The number of nitrogens with zero attached hydrogens (tertiary/aromatic N) is 2. The molecule has 0 saturated carbocycles. The first-order chi connectivity index (χ1) is 12.2. The Balaban J connectivity index is 1.81. The number of rotatable bonds is 3. The molecule has 3 rings (SSSR count). The molecule has 1 aromatic carbocycles. The second-order valence-electron chi connectivity index (χ2n) is 6.04. The normalized spacial score (nSPS) is 21.4. The molecule has 2 atom stereocenters. The summed E-state index contributed by atoms with van der Waals surface area (Å²) in [5.41, 5.74) is 0.145. The van der Waals surface area contributed by atoms with Crippen molar-refractivity contribution in [2.75, 3.05) is 0 Å². The molecule has 2 heterocycles. The quantitative estimate of drug-likeness (QED) is 0.864. The number of halogens is 3. The Morgan fingerprint density at radius 3 is 2.46 bits per heavy atom. The van der Waals surface area contributed by atoms with Crippen LogP contribution >= 0.6 is 11.8 Å². The molecule has 8 heteroatoms. The van der Waals surface area contributed by atoms with Crippen molar-refractivity contribution in [3.8, 4) is 0 Å². The molecule has 1 amide bonds. The summed E-state index contributed by atoms with van der Waals surface area (Å²) in [5.74, 6) is -0.354. The van der Waals surface area contributed by atoms with Crippen LogP contribution in [0.15, 0.2) is 53.8 Å². The Morgan fingerprint density at radius 2 is 1.81 bits per heavy atom. The minimum atomic E-state index is -4.45. The number of pyridine rings is 1. The van der Waals surface area contributed by atoms with Gasteiger partial charge in [0, 0.05) is 12.4 Å². The summed E-state index contributed by atoms with van der Waals surface area (Å²) < 4.78 is 38.7. The third-order valence-corrected chi connectivity index (χ3v) is 5.44. The third kappa shape index (κ3) is 3.46. The van der Waals surface area contributed by atoms with Gasteiger partial charge in [0.05, 0.1) is 11.6 Å². The lowest BCUT2D eigenvalue weighted by atomic mass is 10.0. The fraction of sp³-hybridized carbons (Fsp3) is 0.278. The minimum Gasteiger partial charge on any atom is -0.358 e. The Morgan fingerprint density at radius 1 is 1.15 bits per heavy atom. The Labute approximate surface area is 152 Å². The molecule has 1 N–H and O–H groups in total. The van der Waals surface area contributed by atoms with Crippen molar-refractivity contribution in [1.82, 2.24) is 10.3 Å². The number of benzene rings is 1. The molecular formula is C18H16F3N3OS. The topological polar surface area (TPSA) is 54.4 Å². The first kappa shape index (κ1) is 18.4. The van der Waals surface area contributed by atoms with Crippen LogP contribution in [0.1, 0.15) is 36.6 Å². The zero-order valence-electron chi connectivity index (χ0n) is 14.0. The highest BCUT2D eigenvalue weighted by Crippen LogP contribution is 2.43. The second kappa shape index (κ2) is 6.75. The molecule has 0 aliphatic carbocycles. The lowest BCUT2D eigenvalue weighted by Gasteiger charge is -2.22. The first-order valence-electron chi connectivity index (χ1n) is 7.87. The van der Waals surface area contributed by atoms with E-state index in [1.165, 1.54) is 23.9 Å². The van der Waals surface area contributed by atoms with Gasteiger partial charge in [0.15, 0.2) is 5.17 Å². The maximum absolute atomic E-state index is 13.2. The number of carbonyl (C=O) groups is 1. The fourth-order valence-electron chi connectivity index (χ4n) is 2.77. The van der Waals surface area contributed by atoms with Gasteiger partial charge in [-0.1, -0.05) is 30.0 Å². The van der Waals surface area contributed by atoms with E-state index in [-0.39, 0.29) is 11.5 Å². The maximum atomic E-state index is 13.2. The summed E-state index contributed by atoms with van der Waals surface area (Å²) in [6, 6.07) is 8.17. The monoisotopic (exact) mass is 379 g/mol. The van der Waals surface area contributed by atoms with Gasteiger partial charge in [-0.05, 0) is 43.2 Å². The number of amides is 1. The van der Waals surface area contributed by atoms with E-state index in [1.807, 2.05) is 0 Å². The van der Waals surface area contributed by atoms with Crippen molar-refractivity contribution in [1.29, 1.82) is 0 Å². The van der Waals surface area contributed by atoms with Gasteiger partial charge < -0.3 is 5.32 Å². The van der Waals surface area contributed by atoms with E-state index in [1.54, 1.807) is 44.4 Å². The number of nitrogens with one attached hydrogen (secondary N) is 1. The summed E-state index contributed by atoms with van der Waals surface area (Å²) in [5, 5.41) is 3.24. The molecule has 1 aliphatic rings. The molecule has 0 fully saturated rings. The highest BCUT2D eigenvalue weighted by molar-refractivity contribution is 8.15. The first-order valence-corrected chi connectivity index (χ1v) is 8.69. The van der Waals surface area contributed by atoms with Crippen molar-refractivity contribution in [2.45, 2.75) is 30.8 Å². The number of alkyl halides is 3. The molecule has 136 valence electrons. The van der Waals surface area contributed by atoms with Crippen LogP contribution in [0.4, 0.5) is 13.2 Å². The van der Waals surface area contributed by atoms with Crippen molar-refractivity contribution in [2.24, 2.45) is 4.99 Å². The predicted molar refractivity (Wildman–Crippen MR) is 94.6 cm³/mol. The summed E-state index contributed by atoms with van der Waals surface area (Å²) >= 11 is 1.19. The Kier molecular flexibility index (Phi) is 4.79. The predicted octanol–water partition coefficient (Wildman–Crippen LogP) is 4.30. The highest BCUT2D eigenvalue weighted by atomic mass is 32.2. The molecule has 0 bridgehead atoms. The van der Waals surface area contributed by atoms with Gasteiger partial charge in [-0.3, -0.25) is 9.78 Å². The molecule has 4 nitrogen and oxygen atoms in total. The number of hydrogen-bond donors (Lipinski definition) is 1. The number of amidine groups is 1. The third-order valence-electron chi connectivity index (χ3n) is 4.22. The standard InChI is InChI=1S/C18H16F3N3OS/c1-11(13-5-3-4-6-14(13)18(19,20)21)23-16-24-15(25)17(2,26-16)12-7-9-22-10-8-12/h3-11H,1-2H3,(H,23,24,25)/t11-,17?/m0/s1. The number of hydrogen-bond acceptors (Lipinski definition) is 4. The average Bonchev–Trinajstić information content (AvgIpc) is 2.90. The zero-order valence-corrected chi connectivity index (χ0v) is 14.9. The number of thioether (sulfide) groups is 1. The maximum Gasteiger partial charge on any atom is 0.416 e. The van der Waals surface area contributed by atoms with Gasteiger partial charge in [0.1, 0.15) is 4.75 Å². The number of carbonyl (C=O) groups excluding carboxylic acids is 1. The van der Waals surface area contributed by atoms with Gasteiger partial charge in [-0.15, -0.1) is 0 Å². The van der Waals surface area contributed by atoms with Crippen molar-refractivity contribution in [3.05, 3.63) is 65.5 Å². The summed E-state index contributed by atoms with van der Waals surface area (Å²) in [7, 11) is 0. The highest BCUT2D eigenvalue weighted by Gasteiger charge is 2.43. The molecule has 0 radical (unpaired) electrons. The lowest BCUT2D eigenvalue weighted by Crippen LogP contribution is -2.27. The van der Waals surface area contributed by atoms with Crippen LogP contribution in [0.25, 0.3) is 0 Å². The van der Waals surface area contributed by atoms with Gasteiger partial charge in [-0.2, -0.15) is 18.2 Å². The van der Waals surface area contributed by atoms with Crippen LogP contribution in [-0.2, 0) is 15.7 Å². The average molecular weight is 379 g/mol. The van der Waals surface area contributed by atoms with Crippen LogP contribution in [0.3, 0.4) is 0 Å². The van der Waals surface area contributed by atoms with E-state index in [4.69, 9.17) is 0 Å². The molecule has 0 spiro atoms. The molecule has 26 heavy (non-hydrogen) atoms. The van der Waals surface area contributed by atoms with Crippen LogP contribution in [0.2, 0.25) is 0 Å². The van der Waals surface area contributed by atoms with Crippen LogP contribution in [0, 0.1) is 0 Å². The fourth-order valence-corrected chi connectivity index (χ4v) is 3.91. The van der Waals surface area contributed by atoms with Gasteiger partial charge in [-0.25, -0.2) is 0 Å². The minimum absolute atomic E-state index is 0.105. The van der Waals surface area contributed by atoms with Crippen molar-refractivity contribution >= 4 is 22.8 Å². The van der Waals surface area contributed by atoms with Gasteiger partial charge >= 0.3 is 6.18 Å². The van der Waals surface area contributed by atoms with E-state index in [9.17, 15) is 18.0 Å². The van der Waals surface area contributed by atoms with Crippen LogP contribution in [0.5, 0.6) is 0 Å². The zero-order chi connectivity index (χ0) is 18.9. The van der Waals surface area contributed by atoms with Crippen molar-refractivity contribution < 1.29 is 18.0 Å². The van der Waals surface area contributed by atoms with Gasteiger partial charge in [0.2, 0.25) is 0 Å². The van der Waals surface area contributed by atoms with Crippen LogP contribution < -0.4 is 5.32 Å². The molecular weight excluding hydrogens is 363 g/mol. The molecule has 0 saturated heterocycles. The second-order valence-corrected chi connectivity index (χ2v) is 7.45. The number of aliphatic imine (C=N–C) groups is 1. The summed E-state index contributed by atoms with van der Waals surface area (Å²) in [6.45, 7) is 3.35. The molecule has 1 aliphatic heterocycles. The van der Waals surface area contributed by atoms with E-state index in [0.717, 1.165) is 11.6 Å². The van der Waals surface area contributed by atoms with E-state index in [0.29, 0.717) is 5.17 Å². The SMILES string of the molecule is C[C@H](NC1=NC(=O)C(C)(c2ccncc2)S1)c1ccccc1C(F)(F)F. The Hall–Kier alpha value is -2.35. The smallest absolute Gasteiger partial charge is 0.358 e. The largest absolute Gasteiger partial charge is 0.416 e. The number of aromatic nitrogens is 1. The summed E-state index contributed by atoms with van der Waals surface area (Å²) in [6.07, 6.45) is -1.28. The van der Waals surface area contributed by atoms with Crippen molar-refractivity contribution in [3.63, 3.8) is 0 Å². The van der Waals surface area contributed by atoms with E-state index in [2.05, 4.69) is 15.3 Å². The summed E-state index contributed by atoms with van der Waals surface area (Å²) in [4.78, 5) is 20.3. The molecule has 1 aromatic heterocycles. The van der Waals surface area contributed by atoms with E-state index >= 15 is 0 Å². The van der Waals surface area contributed by atoms with Crippen LogP contribution in [-0.4, -0.2) is 16.1 Å². The lowest BCUT2D eigenvalue weighted by molar-refractivity contribution is -0.138. The van der Waals surface area contributed by atoms with Gasteiger partial charge in [0.25, 0.3) is 5.91 Å². The Bertz CT molecular complexity index is 854. The van der Waals surface area contributed by atoms with E-state index < -0.39 is 22.5 Å². The molecule has 1 unspecified atom stereocenters.